The molecule has 0 saturated heterocycles. The molecule has 0 amide bonds. The molecule has 5 heteroatoms. The predicted octanol–water partition coefficient (Wildman–Crippen LogP) is 5.19. The van der Waals surface area contributed by atoms with Gasteiger partial charge in [-0.05, 0) is 44.0 Å². The largest absolute Gasteiger partial charge is 0.493 e. The van der Waals surface area contributed by atoms with Crippen molar-refractivity contribution < 1.29 is 23.8 Å². The van der Waals surface area contributed by atoms with Crippen molar-refractivity contribution in [1.29, 1.82) is 0 Å². The van der Waals surface area contributed by atoms with E-state index in [1.165, 1.54) is 6.42 Å². The van der Waals surface area contributed by atoms with E-state index < -0.39 is 0 Å². The van der Waals surface area contributed by atoms with Crippen LogP contribution in [0.2, 0.25) is 0 Å². The maximum absolute atomic E-state index is 12.7. The van der Waals surface area contributed by atoms with E-state index in [0.29, 0.717) is 29.4 Å². The molecule has 2 aromatic rings. The number of benzene rings is 2. The zero-order valence-electron chi connectivity index (χ0n) is 16.5. The number of allylic oxidation sites excluding steroid dienone is 1. The minimum atomic E-state index is -0.199. The molecule has 0 bridgehead atoms. The Kier molecular flexibility index (Phi) is 5.65. The van der Waals surface area contributed by atoms with Gasteiger partial charge in [0.2, 0.25) is 5.78 Å². The second-order valence-corrected chi connectivity index (χ2v) is 7.32. The van der Waals surface area contributed by atoms with E-state index in [1.807, 2.05) is 31.2 Å². The Morgan fingerprint density at radius 3 is 2.72 bits per heavy atom. The summed E-state index contributed by atoms with van der Waals surface area (Å²) in [4.78, 5) is 25.1. The number of ether oxygens (including phenoxy) is 3. The van der Waals surface area contributed by atoms with Gasteiger partial charge in [0.25, 0.3) is 0 Å². The number of Topliss-reactive ketones (excluding diaryl/α,β-unsaturated/α-hetero) is 1. The Morgan fingerprint density at radius 1 is 1.14 bits per heavy atom. The van der Waals surface area contributed by atoms with Crippen LogP contribution in [-0.2, 0) is 4.79 Å². The summed E-state index contributed by atoms with van der Waals surface area (Å²) in [5, 5.41) is 0. The summed E-state index contributed by atoms with van der Waals surface area (Å²) >= 11 is 0. The van der Waals surface area contributed by atoms with Crippen LogP contribution in [0.4, 0.5) is 0 Å². The Balaban J connectivity index is 1.52. The summed E-state index contributed by atoms with van der Waals surface area (Å²) < 4.78 is 16.9. The molecule has 5 nitrogen and oxygen atoms in total. The minimum absolute atomic E-state index is 0.0370. The van der Waals surface area contributed by atoms with Crippen molar-refractivity contribution in [3.63, 3.8) is 0 Å². The number of para-hydroxylation sites is 1. The van der Waals surface area contributed by atoms with Gasteiger partial charge in [0.15, 0.2) is 5.76 Å². The first-order chi connectivity index (χ1) is 14.2. The van der Waals surface area contributed by atoms with Gasteiger partial charge in [0, 0.05) is 11.6 Å². The summed E-state index contributed by atoms with van der Waals surface area (Å²) in [6.45, 7) is 2.44. The molecule has 29 heavy (non-hydrogen) atoms. The molecule has 2 aliphatic rings. The van der Waals surface area contributed by atoms with Crippen LogP contribution >= 0.6 is 0 Å². The number of esters is 1. The van der Waals surface area contributed by atoms with Gasteiger partial charge >= 0.3 is 5.97 Å². The molecule has 0 aromatic heterocycles. The lowest BCUT2D eigenvalue weighted by Gasteiger charge is -2.19. The lowest BCUT2D eigenvalue weighted by molar-refractivity contribution is -0.139. The maximum atomic E-state index is 12.7. The zero-order valence-corrected chi connectivity index (χ0v) is 16.5. The fourth-order valence-corrected chi connectivity index (χ4v) is 3.80. The molecule has 1 saturated carbocycles. The maximum Gasteiger partial charge on any atom is 0.314 e. The van der Waals surface area contributed by atoms with E-state index in [1.54, 1.807) is 24.3 Å². The Bertz CT molecular complexity index is 953. The first kappa shape index (κ1) is 19.2. The molecule has 1 heterocycles. The SMILES string of the molecule is CCOc1ccccc1C=C1Oc2cc(OC(=O)C3CCCCC3)ccc2C1=O. The predicted molar refractivity (Wildman–Crippen MR) is 109 cm³/mol. The van der Waals surface area contributed by atoms with Crippen molar-refractivity contribution >= 4 is 17.8 Å². The number of carbonyl (C=O) groups excluding carboxylic acids is 2. The summed E-state index contributed by atoms with van der Waals surface area (Å²) in [6, 6.07) is 12.4. The molecule has 150 valence electrons. The second kappa shape index (κ2) is 8.52. The highest BCUT2D eigenvalue weighted by Gasteiger charge is 2.29. The van der Waals surface area contributed by atoms with Gasteiger partial charge in [-0.1, -0.05) is 37.5 Å². The van der Waals surface area contributed by atoms with Gasteiger partial charge in [0.1, 0.15) is 17.2 Å². The van der Waals surface area contributed by atoms with Gasteiger partial charge in [-0.3, -0.25) is 9.59 Å². The van der Waals surface area contributed by atoms with Crippen molar-refractivity contribution in [2.75, 3.05) is 6.61 Å². The molecule has 0 unspecified atom stereocenters. The van der Waals surface area contributed by atoms with Crippen LogP contribution in [-0.4, -0.2) is 18.4 Å². The van der Waals surface area contributed by atoms with Crippen LogP contribution in [0.25, 0.3) is 6.08 Å². The van der Waals surface area contributed by atoms with E-state index in [-0.39, 0.29) is 23.4 Å². The van der Waals surface area contributed by atoms with Crippen molar-refractivity contribution in [3.8, 4) is 17.2 Å². The van der Waals surface area contributed by atoms with Crippen LogP contribution in [0.15, 0.2) is 48.2 Å². The topological polar surface area (TPSA) is 61.8 Å². The lowest BCUT2D eigenvalue weighted by atomic mass is 9.89. The highest BCUT2D eigenvalue weighted by Crippen LogP contribution is 2.36. The fourth-order valence-electron chi connectivity index (χ4n) is 3.80. The van der Waals surface area contributed by atoms with Gasteiger partial charge in [0.05, 0.1) is 18.1 Å². The molecule has 4 rings (SSSR count). The van der Waals surface area contributed by atoms with Crippen LogP contribution < -0.4 is 14.2 Å². The standard InChI is InChI=1S/C24H24O5/c1-2-27-20-11-7-6-10-17(20)14-22-23(25)19-13-12-18(15-21(19)29-22)28-24(26)16-8-4-3-5-9-16/h6-7,10-16H,2-5,8-9H2,1H3. The third-order valence-corrected chi connectivity index (χ3v) is 5.30. The molecule has 1 aliphatic heterocycles. The molecule has 1 aliphatic carbocycles. The Hall–Kier alpha value is -3.08. The molecular formula is C24H24O5. The molecular weight excluding hydrogens is 368 g/mol. The number of hydrogen-bond donors (Lipinski definition) is 0. The van der Waals surface area contributed by atoms with Crippen LogP contribution in [0.1, 0.15) is 54.9 Å². The average Bonchev–Trinajstić information content (AvgIpc) is 3.05. The second-order valence-electron chi connectivity index (χ2n) is 7.32. The third-order valence-electron chi connectivity index (χ3n) is 5.30. The zero-order chi connectivity index (χ0) is 20.2. The first-order valence-electron chi connectivity index (χ1n) is 10.2. The molecule has 0 radical (unpaired) electrons. The fraction of sp³-hybridized carbons (Fsp3) is 0.333. The number of fused-ring (bicyclic) bond motifs is 1. The quantitative estimate of drug-likeness (QED) is 0.398. The summed E-state index contributed by atoms with van der Waals surface area (Å²) in [6.07, 6.45) is 6.76. The van der Waals surface area contributed by atoms with E-state index in [0.717, 1.165) is 31.2 Å². The highest BCUT2D eigenvalue weighted by molar-refractivity contribution is 6.14. The summed E-state index contributed by atoms with van der Waals surface area (Å²) in [5.74, 6) is 1.30. The average molecular weight is 392 g/mol. The number of ketones is 1. The summed E-state index contributed by atoms with van der Waals surface area (Å²) in [7, 11) is 0. The van der Waals surface area contributed by atoms with Gasteiger partial charge in [-0.15, -0.1) is 0 Å². The number of hydrogen-bond acceptors (Lipinski definition) is 5. The van der Waals surface area contributed by atoms with E-state index in [2.05, 4.69) is 0 Å². The van der Waals surface area contributed by atoms with Crippen LogP contribution in [0, 0.1) is 5.92 Å². The molecule has 0 spiro atoms. The Morgan fingerprint density at radius 2 is 1.93 bits per heavy atom. The van der Waals surface area contributed by atoms with Crippen LogP contribution in [0.3, 0.4) is 0 Å². The van der Waals surface area contributed by atoms with E-state index >= 15 is 0 Å². The Labute approximate surface area is 170 Å². The number of carbonyl (C=O) groups is 2. The molecule has 1 fully saturated rings. The number of rotatable bonds is 5. The molecule has 2 aromatic carbocycles. The minimum Gasteiger partial charge on any atom is -0.493 e. The van der Waals surface area contributed by atoms with E-state index in [4.69, 9.17) is 14.2 Å². The normalized spacial score (nSPS) is 17.7. The van der Waals surface area contributed by atoms with Crippen molar-refractivity contribution in [2.24, 2.45) is 5.92 Å². The van der Waals surface area contributed by atoms with Gasteiger partial charge in [-0.2, -0.15) is 0 Å². The molecule has 0 atom stereocenters. The highest BCUT2D eigenvalue weighted by atomic mass is 16.5. The van der Waals surface area contributed by atoms with Crippen molar-refractivity contribution in [3.05, 3.63) is 59.4 Å². The van der Waals surface area contributed by atoms with Gasteiger partial charge < -0.3 is 14.2 Å². The molecule has 0 N–H and O–H groups in total. The smallest absolute Gasteiger partial charge is 0.314 e. The third kappa shape index (κ3) is 4.19. The monoisotopic (exact) mass is 392 g/mol. The van der Waals surface area contributed by atoms with Crippen molar-refractivity contribution in [2.45, 2.75) is 39.0 Å². The summed E-state index contributed by atoms with van der Waals surface area (Å²) in [5.41, 5.74) is 1.23. The van der Waals surface area contributed by atoms with Crippen LogP contribution in [0.5, 0.6) is 17.2 Å². The van der Waals surface area contributed by atoms with E-state index in [9.17, 15) is 9.59 Å². The lowest BCUT2D eigenvalue weighted by Crippen LogP contribution is -2.22. The first-order valence-corrected chi connectivity index (χ1v) is 10.2. The van der Waals surface area contributed by atoms with Crippen molar-refractivity contribution in [1.82, 2.24) is 0 Å². The van der Waals surface area contributed by atoms with Gasteiger partial charge in [-0.25, -0.2) is 0 Å².